The Hall–Kier alpha value is -6.96. The molecule has 0 spiro atoms. The molecule has 0 radical (unpaired) electrons. The van der Waals surface area contributed by atoms with Crippen LogP contribution < -0.4 is 20.1 Å². The van der Waals surface area contributed by atoms with Crippen molar-refractivity contribution < 1.29 is 46.2 Å². The fraction of sp³-hybridized carbons (Fsp3) is 0.163. The largest absolute Gasteiger partial charge is 0.423 e. The van der Waals surface area contributed by atoms with Crippen LogP contribution in [-0.2, 0) is 38.2 Å². The summed E-state index contributed by atoms with van der Waals surface area (Å²) < 4.78 is 61.8. The summed E-state index contributed by atoms with van der Waals surface area (Å²) in [5.74, 6) is -1.01. The van der Waals surface area contributed by atoms with Gasteiger partial charge in [0.1, 0.15) is 17.3 Å². The molecule has 0 saturated heterocycles. The second kappa shape index (κ2) is 19.1. The first kappa shape index (κ1) is 41.2. The lowest BCUT2D eigenvalue weighted by Gasteiger charge is -2.06. The molecule has 2 heterocycles. The van der Waals surface area contributed by atoms with Crippen LogP contribution in [0.4, 0.5) is 17.6 Å². The maximum atomic E-state index is 12.9. The van der Waals surface area contributed by atoms with Crippen molar-refractivity contribution in [3.8, 4) is 11.5 Å². The second-order valence-corrected chi connectivity index (χ2v) is 12.7. The smallest absolute Gasteiger partial charge is 0.416 e. The zero-order valence-corrected chi connectivity index (χ0v) is 30.8. The highest BCUT2D eigenvalue weighted by atomic mass is 19.4. The third-order valence-corrected chi connectivity index (χ3v) is 8.36. The van der Waals surface area contributed by atoms with Crippen LogP contribution in [-0.4, -0.2) is 46.8 Å². The van der Waals surface area contributed by atoms with Gasteiger partial charge < -0.3 is 30.1 Å². The first-order valence-electron chi connectivity index (χ1n) is 17.6. The number of esters is 2. The number of hydrogen-bond donors (Lipinski definition) is 4. The molecular weight excluding hydrogens is 744 g/mol. The number of rotatable bonds is 12. The van der Waals surface area contributed by atoms with E-state index in [1.807, 2.05) is 18.5 Å². The molecule has 10 nitrogen and oxygen atoms in total. The Morgan fingerprint density at radius 2 is 1.14 bits per heavy atom. The van der Waals surface area contributed by atoms with E-state index >= 15 is 0 Å². The minimum Gasteiger partial charge on any atom is -0.423 e. The zero-order valence-electron chi connectivity index (χ0n) is 30.8. The second-order valence-electron chi connectivity index (χ2n) is 12.7. The molecule has 57 heavy (non-hydrogen) atoms. The van der Waals surface area contributed by atoms with E-state index in [2.05, 4.69) is 20.6 Å². The average molecular weight is 783 g/mol. The summed E-state index contributed by atoms with van der Waals surface area (Å²) in [7, 11) is 0. The van der Waals surface area contributed by atoms with Gasteiger partial charge in [-0.2, -0.15) is 13.2 Å². The molecule has 0 bridgehead atoms. The molecular formula is C43H38F4N4O6. The third-order valence-electron chi connectivity index (χ3n) is 8.36. The first-order chi connectivity index (χ1) is 27.2. The van der Waals surface area contributed by atoms with E-state index in [9.17, 15) is 36.7 Å². The molecule has 0 atom stereocenters. The topological polar surface area (TPSA) is 142 Å². The zero-order chi connectivity index (χ0) is 41.0. The van der Waals surface area contributed by atoms with Gasteiger partial charge in [0.15, 0.2) is 0 Å². The van der Waals surface area contributed by atoms with Crippen LogP contribution in [0.1, 0.15) is 41.7 Å². The Kier molecular flexibility index (Phi) is 13.8. The lowest BCUT2D eigenvalue weighted by molar-refractivity contribution is -0.137. The predicted molar refractivity (Wildman–Crippen MR) is 209 cm³/mol. The molecule has 4 N–H and O–H groups in total. The van der Waals surface area contributed by atoms with Gasteiger partial charge in [-0.3, -0.25) is 9.59 Å². The van der Waals surface area contributed by atoms with Crippen LogP contribution in [0.25, 0.3) is 34.0 Å². The number of benzene rings is 4. The Labute approximate surface area is 324 Å². The quantitative estimate of drug-likeness (QED) is 0.0428. The lowest BCUT2D eigenvalue weighted by Crippen LogP contribution is -2.22. The summed E-state index contributed by atoms with van der Waals surface area (Å²) in [6, 6.07) is 20.9. The molecule has 14 heteroatoms. The van der Waals surface area contributed by atoms with E-state index in [-0.39, 0.29) is 23.2 Å². The number of carbonyl (C=O) groups is 4. The monoisotopic (exact) mass is 782 g/mol. The standard InChI is InChI=1S/C22H19F3N2O3.C21H19FN2O3/c1-14(28)26-10-9-16-13-27-20-7-6-18(12-19(16)20)30-21(29)8-5-15-3-2-4-17(11-15)22(23,24)25;1-14(25)23-11-10-16-13-24-20-8-7-18(12-19(16)20)27-21(26)9-4-15-2-5-17(22)6-3-15/h2-8,11-13,27H,9-10H2,1H3,(H,26,28);2-9,12-13,24H,10-11H2,1H3,(H,23,25)/b8-5+;9-4+. The van der Waals surface area contributed by atoms with Gasteiger partial charge in [0.2, 0.25) is 11.8 Å². The summed E-state index contributed by atoms with van der Waals surface area (Å²) >= 11 is 0. The van der Waals surface area contributed by atoms with Crippen LogP contribution >= 0.6 is 0 Å². The number of aromatic amines is 2. The maximum absolute atomic E-state index is 12.9. The summed E-state index contributed by atoms with van der Waals surface area (Å²) in [6.45, 7) is 3.94. The van der Waals surface area contributed by atoms with E-state index in [0.717, 1.165) is 51.1 Å². The molecule has 6 rings (SSSR count). The number of amides is 2. The van der Waals surface area contributed by atoms with E-state index in [4.69, 9.17) is 9.47 Å². The van der Waals surface area contributed by atoms with Gasteiger partial charge in [0.25, 0.3) is 0 Å². The number of carbonyl (C=O) groups excluding carboxylic acids is 4. The maximum Gasteiger partial charge on any atom is 0.416 e. The lowest BCUT2D eigenvalue weighted by atomic mass is 10.1. The number of nitrogens with one attached hydrogen (secondary N) is 4. The molecule has 2 aromatic heterocycles. The molecule has 0 saturated carbocycles. The van der Waals surface area contributed by atoms with Crippen LogP contribution in [0.3, 0.4) is 0 Å². The van der Waals surface area contributed by atoms with Crippen LogP contribution in [0, 0.1) is 5.82 Å². The molecule has 2 amide bonds. The Morgan fingerprint density at radius 3 is 1.61 bits per heavy atom. The predicted octanol–water partition coefficient (Wildman–Crippen LogP) is 8.09. The molecule has 0 unspecified atom stereocenters. The van der Waals surface area contributed by atoms with Gasteiger partial charge >= 0.3 is 18.1 Å². The highest BCUT2D eigenvalue weighted by molar-refractivity contribution is 5.91. The van der Waals surface area contributed by atoms with Crippen molar-refractivity contribution in [3.63, 3.8) is 0 Å². The van der Waals surface area contributed by atoms with Crippen LogP contribution in [0.5, 0.6) is 11.5 Å². The average Bonchev–Trinajstić information content (AvgIpc) is 3.76. The Morgan fingerprint density at radius 1 is 0.649 bits per heavy atom. The number of halogens is 4. The van der Waals surface area contributed by atoms with Gasteiger partial charge in [-0.15, -0.1) is 0 Å². The van der Waals surface area contributed by atoms with Crippen molar-refractivity contribution in [1.29, 1.82) is 0 Å². The van der Waals surface area contributed by atoms with Crippen molar-refractivity contribution in [1.82, 2.24) is 20.6 Å². The number of aromatic nitrogens is 2. The van der Waals surface area contributed by atoms with E-state index < -0.39 is 23.7 Å². The van der Waals surface area contributed by atoms with E-state index in [1.54, 1.807) is 48.5 Å². The molecule has 0 aliphatic rings. The van der Waals surface area contributed by atoms with Gasteiger partial charge in [-0.25, -0.2) is 14.0 Å². The fourth-order valence-corrected chi connectivity index (χ4v) is 5.62. The highest BCUT2D eigenvalue weighted by Gasteiger charge is 2.30. The molecule has 294 valence electrons. The summed E-state index contributed by atoms with van der Waals surface area (Å²) in [6.07, 6.45) is 5.74. The molecule has 6 aromatic rings. The van der Waals surface area contributed by atoms with Crippen LogP contribution in [0.15, 0.2) is 109 Å². The summed E-state index contributed by atoms with van der Waals surface area (Å²) in [5.41, 5.74) is 3.91. The van der Waals surface area contributed by atoms with Crippen molar-refractivity contribution in [2.45, 2.75) is 32.9 Å². The van der Waals surface area contributed by atoms with Crippen molar-refractivity contribution in [3.05, 3.63) is 143 Å². The molecule has 4 aromatic carbocycles. The normalized spacial score (nSPS) is 11.4. The Balaban J connectivity index is 0.000000219. The molecule has 0 aliphatic carbocycles. The summed E-state index contributed by atoms with van der Waals surface area (Å²) in [5, 5.41) is 7.28. The Bertz CT molecular complexity index is 2430. The van der Waals surface area contributed by atoms with Gasteiger partial charge in [-0.05, 0) is 108 Å². The van der Waals surface area contributed by atoms with E-state index in [0.29, 0.717) is 43.0 Å². The van der Waals surface area contributed by atoms with Gasteiger partial charge in [0.05, 0.1) is 5.56 Å². The van der Waals surface area contributed by atoms with Gasteiger partial charge in [-0.1, -0.05) is 24.3 Å². The van der Waals surface area contributed by atoms with Crippen molar-refractivity contribution in [2.24, 2.45) is 0 Å². The minimum atomic E-state index is -4.45. The third kappa shape index (κ3) is 12.5. The number of alkyl halides is 3. The number of H-pyrrole nitrogens is 2. The SMILES string of the molecule is CC(=O)NCCc1c[nH]c2ccc(OC(=O)/C=C/c3ccc(F)cc3)cc12.CC(=O)NCCc1c[nH]c2ccc(OC(=O)/C=C/c3cccc(C(F)(F)F)c3)cc12. The number of hydrogen-bond acceptors (Lipinski definition) is 6. The molecule has 0 fully saturated rings. The van der Waals surface area contributed by atoms with Crippen LogP contribution in [0.2, 0.25) is 0 Å². The fourth-order valence-electron chi connectivity index (χ4n) is 5.62. The number of ether oxygens (including phenoxy) is 2. The van der Waals surface area contributed by atoms with E-state index in [1.165, 1.54) is 50.3 Å². The van der Waals surface area contributed by atoms with Gasteiger partial charge in [0, 0.05) is 73.3 Å². The minimum absolute atomic E-state index is 0.0718. The van der Waals surface area contributed by atoms with Crippen molar-refractivity contribution in [2.75, 3.05) is 13.1 Å². The molecule has 0 aliphatic heterocycles. The summed E-state index contributed by atoms with van der Waals surface area (Å²) in [4.78, 5) is 52.4. The van der Waals surface area contributed by atoms with Crippen molar-refractivity contribution >= 4 is 57.7 Å². The highest BCUT2D eigenvalue weighted by Crippen LogP contribution is 2.30. The first-order valence-corrected chi connectivity index (χ1v) is 17.6. The number of fused-ring (bicyclic) bond motifs is 2.